The lowest BCUT2D eigenvalue weighted by molar-refractivity contribution is -0.385. The molecule has 0 aromatic heterocycles. The second kappa shape index (κ2) is 5.58. The number of benzene rings is 2. The van der Waals surface area contributed by atoms with Crippen molar-refractivity contribution in [2.75, 3.05) is 0 Å². The number of carbonyl (C=O) groups is 1. The zero-order valence-corrected chi connectivity index (χ0v) is 10.7. The summed E-state index contributed by atoms with van der Waals surface area (Å²) >= 11 is 5.73. The van der Waals surface area contributed by atoms with Gasteiger partial charge < -0.3 is 9.84 Å². The molecule has 6 nitrogen and oxygen atoms in total. The maximum absolute atomic E-state index is 11.0. The SMILES string of the molecule is O=C(O)c1cc(Oc2ccccc2[N+](=O)[O-])ccc1Cl. The molecular weight excluding hydrogens is 286 g/mol. The van der Waals surface area contributed by atoms with Crippen molar-refractivity contribution in [2.24, 2.45) is 0 Å². The van der Waals surface area contributed by atoms with Crippen LogP contribution in [0.1, 0.15) is 10.4 Å². The van der Waals surface area contributed by atoms with Gasteiger partial charge in [-0.25, -0.2) is 4.79 Å². The van der Waals surface area contributed by atoms with Crippen LogP contribution in [0.4, 0.5) is 5.69 Å². The third-order valence-electron chi connectivity index (χ3n) is 2.46. The van der Waals surface area contributed by atoms with Crippen LogP contribution in [-0.2, 0) is 0 Å². The lowest BCUT2D eigenvalue weighted by atomic mass is 10.2. The fourth-order valence-corrected chi connectivity index (χ4v) is 1.75. The summed E-state index contributed by atoms with van der Waals surface area (Å²) in [4.78, 5) is 21.2. The number of ether oxygens (including phenoxy) is 1. The van der Waals surface area contributed by atoms with Gasteiger partial charge >= 0.3 is 11.7 Å². The lowest BCUT2D eigenvalue weighted by Crippen LogP contribution is -1.98. The Kier molecular flexibility index (Phi) is 3.86. The Hall–Kier alpha value is -2.60. The smallest absolute Gasteiger partial charge is 0.337 e. The minimum absolute atomic E-state index is 0.0242. The van der Waals surface area contributed by atoms with Gasteiger partial charge in [-0.3, -0.25) is 10.1 Å². The highest BCUT2D eigenvalue weighted by Crippen LogP contribution is 2.32. The van der Waals surface area contributed by atoms with Gasteiger partial charge in [-0.1, -0.05) is 23.7 Å². The summed E-state index contributed by atoms with van der Waals surface area (Å²) < 4.78 is 5.35. The average Bonchev–Trinajstić information content (AvgIpc) is 2.41. The van der Waals surface area contributed by atoms with Crippen LogP contribution >= 0.6 is 11.6 Å². The zero-order valence-electron chi connectivity index (χ0n) is 9.95. The Morgan fingerprint density at radius 2 is 1.95 bits per heavy atom. The molecule has 0 radical (unpaired) electrons. The number of hydrogen-bond acceptors (Lipinski definition) is 4. The Bertz CT molecular complexity index is 686. The van der Waals surface area contributed by atoms with E-state index < -0.39 is 10.9 Å². The Morgan fingerprint density at radius 3 is 2.60 bits per heavy atom. The quantitative estimate of drug-likeness (QED) is 0.685. The van der Waals surface area contributed by atoms with Gasteiger partial charge in [-0.2, -0.15) is 0 Å². The molecule has 0 saturated heterocycles. The molecule has 0 saturated carbocycles. The lowest BCUT2D eigenvalue weighted by Gasteiger charge is -2.07. The summed E-state index contributed by atoms with van der Waals surface area (Å²) in [5.74, 6) is -1.03. The van der Waals surface area contributed by atoms with Crippen molar-refractivity contribution in [3.05, 3.63) is 63.2 Å². The van der Waals surface area contributed by atoms with E-state index in [2.05, 4.69) is 0 Å². The fourth-order valence-electron chi connectivity index (χ4n) is 1.55. The van der Waals surface area contributed by atoms with Crippen LogP contribution in [-0.4, -0.2) is 16.0 Å². The van der Waals surface area contributed by atoms with E-state index in [1.807, 2.05) is 0 Å². The standard InChI is InChI=1S/C13H8ClNO5/c14-10-6-5-8(7-9(10)13(16)17)20-12-4-2-1-3-11(12)15(18)19/h1-7H,(H,16,17). The van der Waals surface area contributed by atoms with Crippen molar-refractivity contribution in [1.82, 2.24) is 0 Å². The molecule has 2 aromatic rings. The molecule has 0 fully saturated rings. The number of aromatic carboxylic acids is 1. The van der Waals surface area contributed by atoms with Crippen molar-refractivity contribution < 1.29 is 19.6 Å². The van der Waals surface area contributed by atoms with Gasteiger partial charge in [-0.05, 0) is 24.3 Å². The van der Waals surface area contributed by atoms with E-state index in [1.54, 1.807) is 6.07 Å². The number of halogens is 1. The molecule has 1 N–H and O–H groups in total. The van der Waals surface area contributed by atoms with Gasteiger partial charge in [0.2, 0.25) is 5.75 Å². The normalized spacial score (nSPS) is 10.1. The number of nitro groups is 1. The van der Waals surface area contributed by atoms with Gasteiger partial charge in [0.15, 0.2) is 0 Å². The molecule has 0 aliphatic rings. The van der Waals surface area contributed by atoms with E-state index in [9.17, 15) is 14.9 Å². The highest BCUT2D eigenvalue weighted by atomic mass is 35.5. The molecule has 7 heteroatoms. The topological polar surface area (TPSA) is 89.7 Å². The zero-order chi connectivity index (χ0) is 14.7. The van der Waals surface area contributed by atoms with Crippen molar-refractivity contribution >= 4 is 23.3 Å². The van der Waals surface area contributed by atoms with E-state index in [0.29, 0.717) is 0 Å². The fraction of sp³-hybridized carbons (Fsp3) is 0. The maximum atomic E-state index is 11.0. The Balaban J connectivity index is 2.38. The largest absolute Gasteiger partial charge is 0.478 e. The Morgan fingerprint density at radius 1 is 1.25 bits per heavy atom. The summed E-state index contributed by atoms with van der Waals surface area (Å²) in [6, 6.07) is 9.81. The van der Waals surface area contributed by atoms with Crippen molar-refractivity contribution in [1.29, 1.82) is 0 Å². The highest BCUT2D eigenvalue weighted by Gasteiger charge is 2.16. The van der Waals surface area contributed by atoms with Gasteiger partial charge in [0.25, 0.3) is 0 Å². The molecule has 0 amide bonds. The molecular formula is C13H8ClNO5. The van der Waals surface area contributed by atoms with E-state index in [0.717, 1.165) is 0 Å². The van der Waals surface area contributed by atoms with Crippen LogP contribution in [0.15, 0.2) is 42.5 Å². The van der Waals surface area contributed by atoms with Gasteiger partial charge in [0, 0.05) is 6.07 Å². The monoisotopic (exact) mass is 293 g/mol. The van der Waals surface area contributed by atoms with E-state index in [4.69, 9.17) is 21.4 Å². The first-order chi connectivity index (χ1) is 9.49. The van der Waals surface area contributed by atoms with Crippen LogP contribution in [0.5, 0.6) is 11.5 Å². The second-order valence-electron chi connectivity index (χ2n) is 3.77. The van der Waals surface area contributed by atoms with E-state index >= 15 is 0 Å². The van der Waals surface area contributed by atoms with Crippen LogP contribution in [0, 0.1) is 10.1 Å². The predicted molar refractivity (Wildman–Crippen MR) is 71.6 cm³/mol. The molecule has 0 unspecified atom stereocenters. The summed E-state index contributed by atoms with van der Waals surface area (Å²) in [5, 5.41) is 19.9. The molecule has 102 valence electrons. The number of nitro benzene ring substituents is 1. The summed E-state index contributed by atoms with van der Waals surface area (Å²) in [6.45, 7) is 0. The highest BCUT2D eigenvalue weighted by molar-refractivity contribution is 6.33. The van der Waals surface area contributed by atoms with Gasteiger partial charge in [0.05, 0.1) is 15.5 Å². The summed E-state index contributed by atoms with van der Waals surface area (Å²) in [5.41, 5.74) is -0.345. The summed E-state index contributed by atoms with van der Waals surface area (Å²) in [6.07, 6.45) is 0. The Labute approximate surface area is 118 Å². The summed E-state index contributed by atoms with van der Waals surface area (Å²) in [7, 11) is 0. The van der Waals surface area contributed by atoms with Crippen LogP contribution in [0.3, 0.4) is 0 Å². The molecule has 0 atom stereocenters. The second-order valence-corrected chi connectivity index (χ2v) is 4.18. The molecule has 2 aromatic carbocycles. The number of rotatable bonds is 4. The van der Waals surface area contributed by atoms with Crippen molar-refractivity contribution in [2.45, 2.75) is 0 Å². The predicted octanol–water partition coefficient (Wildman–Crippen LogP) is 3.74. The van der Waals surface area contributed by atoms with Crippen molar-refractivity contribution in [3.63, 3.8) is 0 Å². The van der Waals surface area contributed by atoms with Gasteiger partial charge in [0.1, 0.15) is 5.75 Å². The van der Waals surface area contributed by atoms with Crippen LogP contribution in [0.25, 0.3) is 0 Å². The maximum Gasteiger partial charge on any atom is 0.337 e. The molecule has 20 heavy (non-hydrogen) atoms. The molecule has 0 heterocycles. The molecule has 0 spiro atoms. The first-order valence-electron chi connectivity index (χ1n) is 5.43. The molecule has 2 rings (SSSR count). The molecule has 0 bridgehead atoms. The molecule has 0 aliphatic heterocycles. The van der Waals surface area contributed by atoms with Crippen LogP contribution in [0.2, 0.25) is 5.02 Å². The number of carboxylic acids is 1. The van der Waals surface area contributed by atoms with Crippen molar-refractivity contribution in [3.8, 4) is 11.5 Å². The minimum Gasteiger partial charge on any atom is -0.478 e. The third kappa shape index (κ3) is 2.86. The number of para-hydroxylation sites is 2. The number of hydrogen-bond donors (Lipinski definition) is 1. The average molecular weight is 294 g/mol. The number of carboxylic acid groups (broad SMARTS) is 1. The van der Waals surface area contributed by atoms with Gasteiger partial charge in [-0.15, -0.1) is 0 Å². The molecule has 0 aliphatic carbocycles. The minimum atomic E-state index is -1.21. The van der Waals surface area contributed by atoms with E-state index in [1.165, 1.54) is 36.4 Å². The van der Waals surface area contributed by atoms with Crippen LogP contribution < -0.4 is 4.74 Å². The first kappa shape index (κ1) is 13.8. The number of nitrogens with zero attached hydrogens (tertiary/aromatic N) is 1. The first-order valence-corrected chi connectivity index (χ1v) is 5.81. The third-order valence-corrected chi connectivity index (χ3v) is 2.79. The van der Waals surface area contributed by atoms with E-state index in [-0.39, 0.29) is 27.8 Å².